The molecule has 0 radical (unpaired) electrons. The minimum absolute atomic E-state index is 0.00928. The monoisotopic (exact) mass is 1690 g/mol. The number of hydrogen-bond donors (Lipinski definition) is 8. The number of unbranched alkanes of at least 4 members (excludes halogenated alkanes) is 1. The van der Waals surface area contributed by atoms with Crippen molar-refractivity contribution in [3.63, 3.8) is 0 Å². The second-order valence-electron chi connectivity index (χ2n) is 30.3. The highest BCUT2D eigenvalue weighted by Crippen LogP contribution is 2.37. The van der Waals surface area contributed by atoms with E-state index in [9.17, 15) is 43.2 Å². The minimum atomic E-state index is -0.474. The van der Waals surface area contributed by atoms with E-state index in [-0.39, 0.29) is 61.4 Å². The van der Waals surface area contributed by atoms with E-state index in [4.69, 9.17) is 36.2 Å². The van der Waals surface area contributed by atoms with Gasteiger partial charge >= 0.3 is 18.0 Å². The highest BCUT2D eigenvalue weighted by Gasteiger charge is 2.42. The Morgan fingerprint density at radius 2 is 0.847 bits per heavy atom. The fourth-order valence-electron chi connectivity index (χ4n) is 13.9. The van der Waals surface area contributed by atoms with Crippen LogP contribution >= 0.6 is 11.8 Å². The Labute approximate surface area is 727 Å². The molecular weight excluding hydrogens is 1580 g/mol. The molecule has 4 aliphatic rings. The van der Waals surface area contributed by atoms with Gasteiger partial charge in [0.1, 0.15) is 23.7 Å². The van der Waals surface area contributed by atoms with Crippen molar-refractivity contribution in [1.29, 1.82) is 0 Å². The predicted octanol–water partition coefficient (Wildman–Crippen LogP) is 16.7. The number of fused-ring (bicyclic) bond motifs is 4. The van der Waals surface area contributed by atoms with E-state index in [0.29, 0.717) is 76.4 Å². The highest BCUT2D eigenvalue weighted by atomic mass is 32.2. The molecule has 0 spiro atoms. The topological polar surface area (TPSA) is 350 Å². The van der Waals surface area contributed by atoms with E-state index >= 15 is 0 Å². The Morgan fingerprint density at radius 3 is 1.27 bits per heavy atom. The summed E-state index contributed by atoms with van der Waals surface area (Å²) in [5, 5.41) is 35.4. The molecule has 3 atom stereocenters. The minimum Gasteiger partial charge on any atom is -0.462 e. The lowest BCUT2D eigenvalue weighted by Gasteiger charge is -2.16. The third-order valence-electron chi connectivity index (χ3n) is 20.6. The fourth-order valence-corrected chi connectivity index (χ4v) is 15.4. The Morgan fingerprint density at radius 1 is 0.460 bits per heavy atom. The maximum Gasteiger partial charge on any atom is 0.338 e. The summed E-state index contributed by atoms with van der Waals surface area (Å²) in [6, 6.07) is 67.1. The summed E-state index contributed by atoms with van der Waals surface area (Å²) in [7, 11) is 0. The van der Waals surface area contributed by atoms with Crippen LogP contribution < -0.4 is 43.4 Å². The molecule has 0 bridgehead atoms. The van der Waals surface area contributed by atoms with Gasteiger partial charge in [-0.25, -0.2) is 28.4 Å². The number of thioether (sulfide) groups is 1. The lowest BCUT2D eigenvalue weighted by molar-refractivity contribution is -0.122. The van der Waals surface area contributed by atoms with Crippen molar-refractivity contribution in [2.45, 2.75) is 136 Å². The first-order chi connectivity index (χ1) is 60.3. The number of amides is 8. The zero-order valence-corrected chi connectivity index (χ0v) is 71.9. The molecule has 124 heavy (non-hydrogen) atoms. The first-order valence-corrected chi connectivity index (χ1v) is 43.8. The van der Waals surface area contributed by atoms with Crippen LogP contribution in [-0.4, -0.2) is 145 Å². The molecule has 2 aliphatic carbocycles. The lowest BCUT2D eigenvalue weighted by Crippen LogP contribution is -2.36. The van der Waals surface area contributed by atoms with Gasteiger partial charge in [-0.1, -0.05) is 164 Å². The second kappa shape index (κ2) is 45.4. The summed E-state index contributed by atoms with van der Waals surface area (Å²) in [4.78, 5) is 108. The quantitative estimate of drug-likeness (QED) is 0.00897. The Bertz CT molecular complexity index is 5640. The van der Waals surface area contributed by atoms with Crippen molar-refractivity contribution in [2.75, 3.05) is 45.1 Å². The Hall–Kier alpha value is -13.5. The van der Waals surface area contributed by atoms with Gasteiger partial charge in [0.2, 0.25) is 23.6 Å². The molecule has 25 nitrogen and oxygen atoms in total. The molecular formula is C98H110N14O11S. The first-order valence-electron chi connectivity index (χ1n) is 42.7. The van der Waals surface area contributed by atoms with Crippen molar-refractivity contribution in [3.05, 3.63) is 264 Å². The van der Waals surface area contributed by atoms with Crippen LogP contribution in [0.25, 0.3) is 83.5 Å². The van der Waals surface area contributed by atoms with Crippen LogP contribution in [0, 0.1) is 11.8 Å². The molecule has 5 heterocycles. The lowest BCUT2D eigenvalue weighted by atomic mass is 10.0. The second-order valence-corrected chi connectivity index (χ2v) is 31.6. The standard InChI is InChI=1S/C37H39N5O6S.C28H27N5O3.C25H22N4O2.2C3H8.C2H6/c1-2-21-47-35(44)25-14-12-24(13-15-25)33-28-8-3-4-9-30(28)42(41-33)27-18-16-26(17-19-27)36(45)48-22-7-20-38-32(43)11-6-5-10-31-34-29(23-49-31)39-37(46)40-34;29-27(35)20-9-7-19(8-10-20)26-23-3-1-2-4-24(23)33(32-26)22-13-11-21(12-14-22)28(36)30-16-15-25(34)31-17-18-5-6-18;26-24(30)18-9-7-17(8-10-18)23-21-3-1-2-4-22(21)29(28-23)20-13-11-19(12-14-20)25(31)27-15-16-5-6-16;2*1-3-2;1-2/h2-4,8-9,12-19,29,31,34H,1,5-7,10-11,20-23H2,(H,38,43)(H2,39,40,46);1-4,7-14,18H,5-6,15-17H2,(H2,29,35)(H,30,36)(H,31,34);1-4,7-14,16H,5-6,15H2,(H2,26,30)(H,27,31);2*3H2,1-2H3;1-2H3. The summed E-state index contributed by atoms with van der Waals surface area (Å²) in [6.07, 6.45) is 12.8. The molecule has 3 unspecified atom stereocenters. The summed E-state index contributed by atoms with van der Waals surface area (Å²) in [6.45, 7) is 18.6. The average Bonchev–Trinajstić information content (AvgIpc) is 1.63. The van der Waals surface area contributed by atoms with E-state index in [0.717, 1.165) is 122 Å². The van der Waals surface area contributed by atoms with Gasteiger partial charge in [0, 0.05) is 105 Å². The summed E-state index contributed by atoms with van der Waals surface area (Å²) in [5.74, 6) is 0.121. The van der Waals surface area contributed by atoms with Crippen molar-refractivity contribution >= 4 is 97.9 Å². The number of nitrogens with one attached hydrogen (secondary N) is 6. The number of primary amides is 2. The molecule has 10 N–H and O–H groups in total. The predicted molar refractivity (Wildman–Crippen MR) is 490 cm³/mol. The first kappa shape index (κ1) is 91.3. The van der Waals surface area contributed by atoms with Crippen molar-refractivity contribution in [1.82, 2.24) is 61.2 Å². The van der Waals surface area contributed by atoms with Crippen LogP contribution in [0.15, 0.2) is 231 Å². The molecule has 26 heteroatoms. The number of hydrogen-bond acceptors (Lipinski definition) is 15. The third kappa shape index (κ3) is 24.7. The van der Waals surface area contributed by atoms with Crippen LogP contribution in [0.2, 0.25) is 0 Å². The van der Waals surface area contributed by atoms with E-state index in [1.54, 1.807) is 60.7 Å². The number of nitrogens with zero attached hydrogens (tertiary/aromatic N) is 6. The fraction of sp³-hybridized carbons (Fsp3) is 0.306. The van der Waals surface area contributed by atoms with Gasteiger partial charge in [0.15, 0.2) is 0 Å². The average molecular weight is 1690 g/mol. The van der Waals surface area contributed by atoms with Crippen LogP contribution in [-0.2, 0) is 19.1 Å². The van der Waals surface area contributed by atoms with Gasteiger partial charge in [-0.3, -0.25) is 28.8 Å². The van der Waals surface area contributed by atoms with Crippen molar-refractivity contribution in [2.24, 2.45) is 23.3 Å². The van der Waals surface area contributed by atoms with Gasteiger partial charge in [-0.05, 0) is 184 Å². The Kier molecular flexibility index (Phi) is 33.4. The van der Waals surface area contributed by atoms with Crippen molar-refractivity contribution < 1.29 is 52.6 Å². The number of para-hydroxylation sites is 3. The summed E-state index contributed by atoms with van der Waals surface area (Å²) < 4.78 is 16.1. The number of urea groups is 1. The van der Waals surface area contributed by atoms with Crippen LogP contribution in [0.5, 0.6) is 0 Å². The van der Waals surface area contributed by atoms with E-state index in [2.05, 4.69) is 66.2 Å². The third-order valence-corrected chi connectivity index (χ3v) is 22.1. The molecule has 2 saturated heterocycles. The van der Waals surface area contributed by atoms with Crippen molar-refractivity contribution in [3.8, 4) is 50.8 Å². The maximum absolute atomic E-state index is 12.7. The number of nitrogens with two attached hydrogens (primary N) is 2. The number of ether oxygens (including phenoxy) is 2. The molecule has 2 saturated carbocycles. The van der Waals surface area contributed by atoms with E-state index < -0.39 is 23.8 Å². The molecule has 3 aromatic heterocycles. The number of aromatic nitrogens is 6. The number of benzene rings is 9. The maximum atomic E-state index is 12.7. The smallest absolute Gasteiger partial charge is 0.338 e. The van der Waals surface area contributed by atoms with E-state index in [1.165, 1.54) is 44.6 Å². The van der Waals surface area contributed by atoms with Gasteiger partial charge in [0.05, 0.1) is 63.4 Å². The van der Waals surface area contributed by atoms with Gasteiger partial charge in [0.25, 0.3) is 11.8 Å². The zero-order chi connectivity index (χ0) is 88.0. The summed E-state index contributed by atoms with van der Waals surface area (Å²) >= 11 is 1.88. The SMILES string of the molecule is C=CCOC(=O)c1ccc(-c2nn(-c3ccc(C(=O)OCCCNC(=O)CCCCC4SCC5NC(=O)NC54)cc3)c3ccccc23)cc1.CC.CCC.CCC.NC(=O)c1ccc(-c2nn(-c3ccc(C(=O)NCC4CC4)cc3)c3ccccc23)cc1.NC(=O)c1ccc(-c2nn(-c3ccc(C(=O)NCCC(=O)NCC4CC4)cc3)c3ccccc23)cc1. The highest BCUT2D eigenvalue weighted by molar-refractivity contribution is 8.00. The van der Waals surface area contributed by atoms with Gasteiger partial charge < -0.3 is 52.8 Å². The molecule has 12 aromatic rings. The molecule has 4 fully saturated rings. The largest absolute Gasteiger partial charge is 0.462 e. The van der Waals surface area contributed by atoms with Crippen LogP contribution in [0.4, 0.5) is 4.79 Å². The Balaban J connectivity index is 0.000000178. The number of carbonyl (C=O) groups is 9. The van der Waals surface area contributed by atoms with Crippen LogP contribution in [0.1, 0.15) is 181 Å². The molecule has 9 aromatic carbocycles. The number of rotatable bonds is 30. The normalized spacial score (nSPS) is 14.5. The van der Waals surface area contributed by atoms with E-state index in [1.807, 2.05) is 197 Å². The molecule has 8 amide bonds. The van der Waals surface area contributed by atoms with Gasteiger partial charge in [-0.2, -0.15) is 27.1 Å². The van der Waals surface area contributed by atoms with Gasteiger partial charge in [-0.15, -0.1) is 0 Å². The number of carbonyl (C=O) groups excluding carboxylic acids is 9. The zero-order valence-electron chi connectivity index (χ0n) is 71.1. The number of esters is 2. The molecule has 16 rings (SSSR count). The van der Waals surface area contributed by atoms with Crippen LogP contribution in [0.3, 0.4) is 0 Å². The molecule has 644 valence electrons. The summed E-state index contributed by atoms with van der Waals surface area (Å²) in [5.41, 5.74) is 23.8. The molecule has 2 aliphatic heterocycles.